The van der Waals surface area contributed by atoms with Crippen molar-refractivity contribution >= 4 is 27.8 Å². The smallest absolute Gasteiger partial charge is 0.340 e. The fourth-order valence-electron chi connectivity index (χ4n) is 6.22. The zero-order valence-electron chi connectivity index (χ0n) is 26.9. The van der Waals surface area contributed by atoms with Crippen molar-refractivity contribution in [1.29, 1.82) is 0 Å². The van der Waals surface area contributed by atoms with Gasteiger partial charge in [-0.2, -0.15) is 4.98 Å². The van der Waals surface area contributed by atoms with Crippen LogP contribution in [0.2, 0.25) is 0 Å². The number of aromatic nitrogens is 2. The fourth-order valence-corrected chi connectivity index (χ4v) is 7.21. The molecular weight excluding hydrogens is 637 g/mol. The van der Waals surface area contributed by atoms with Crippen LogP contribution >= 0.6 is 0 Å². The zero-order valence-corrected chi connectivity index (χ0v) is 27.7. The van der Waals surface area contributed by atoms with Gasteiger partial charge < -0.3 is 14.8 Å². The lowest BCUT2D eigenvalue weighted by Gasteiger charge is -2.41. The SMILES string of the molecule is COC(=O)c1cc(CN2CCC3(CC2)CNC(=O)c2cccc(c2)S(=O)(=O)Nc2nc(cc(-c4c(C)cccc4C)n2)OC3)ccc1F. The van der Waals surface area contributed by atoms with Gasteiger partial charge in [0.05, 0.1) is 29.9 Å². The Hall–Kier alpha value is -4.88. The van der Waals surface area contributed by atoms with Gasteiger partial charge in [0.15, 0.2) is 0 Å². The van der Waals surface area contributed by atoms with Crippen LogP contribution in [-0.4, -0.2) is 68.5 Å². The molecule has 1 spiro atoms. The van der Waals surface area contributed by atoms with E-state index in [0.717, 1.165) is 22.3 Å². The third-order valence-electron chi connectivity index (χ3n) is 8.98. The number of nitrogens with zero attached hydrogens (tertiary/aromatic N) is 3. The second-order valence-electron chi connectivity index (χ2n) is 12.4. The number of carbonyl (C=O) groups is 2. The van der Waals surface area contributed by atoms with Crippen molar-refractivity contribution in [2.45, 2.75) is 38.1 Å². The molecule has 2 aliphatic heterocycles. The number of rotatable bonds is 4. The van der Waals surface area contributed by atoms with E-state index in [1.807, 2.05) is 32.0 Å². The molecule has 1 aromatic heterocycles. The van der Waals surface area contributed by atoms with Crippen molar-refractivity contribution in [2.75, 3.05) is 38.1 Å². The summed E-state index contributed by atoms with van der Waals surface area (Å²) in [4.78, 5) is 36.4. The van der Waals surface area contributed by atoms with Gasteiger partial charge in [0, 0.05) is 35.7 Å². The van der Waals surface area contributed by atoms with E-state index in [9.17, 15) is 22.4 Å². The Morgan fingerprint density at radius 1 is 1.02 bits per heavy atom. The first-order valence-electron chi connectivity index (χ1n) is 15.5. The second kappa shape index (κ2) is 13.3. The third-order valence-corrected chi connectivity index (χ3v) is 10.3. The molecule has 6 rings (SSSR count). The van der Waals surface area contributed by atoms with Crippen LogP contribution in [0.3, 0.4) is 0 Å². The van der Waals surface area contributed by atoms with Crippen molar-refractivity contribution in [1.82, 2.24) is 20.2 Å². The Bertz CT molecular complexity index is 1980. The lowest BCUT2D eigenvalue weighted by atomic mass is 9.78. The molecule has 0 aliphatic carbocycles. The molecule has 0 atom stereocenters. The minimum Gasteiger partial charge on any atom is -0.477 e. The number of hydrogen-bond acceptors (Lipinski definition) is 9. The van der Waals surface area contributed by atoms with Gasteiger partial charge in [-0.3, -0.25) is 9.69 Å². The van der Waals surface area contributed by atoms with Gasteiger partial charge in [-0.05, 0) is 86.8 Å². The van der Waals surface area contributed by atoms with Gasteiger partial charge in [0.1, 0.15) is 5.82 Å². The molecule has 0 saturated carbocycles. The molecule has 4 aromatic rings. The Balaban J connectivity index is 1.31. The molecule has 3 aromatic carbocycles. The summed E-state index contributed by atoms with van der Waals surface area (Å²) in [6.07, 6.45) is 1.29. The summed E-state index contributed by atoms with van der Waals surface area (Å²) in [6, 6.07) is 17.8. The monoisotopic (exact) mass is 673 g/mol. The van der Waals surface area contributed by atoms with Crippen molar-refractivity contribution in [3.8, 4) is 17.1 Å². The Kier molecular flexibility index (Phi) is 9.17. The number of halogens is 1. The molecule has 0 radical (unpaired) electrons. The molecule has 2 N–H and O–H groups in total. The molecule has 1 fully saturated rings. The highest BCUT2D eigenvalue weighted by Gasteiger charge is 2.37. The average Bonchev–Trinajstić information content (AvgIpc) is 3.07. The average molecular weight is 674 g/mol. The van der Waals surface area contributed by atoms with Crippen LogP contribution < -0.4 is 14.8 Å². The number of hydrogen-bond donors (Lipinski definition) is 2. The molecule has 2 aliphatic rings. The van der Waals surface area contributed by atoms with Crippen molar-refractivity contribution in [3.05, 3.63) is 100 Å². The quantitative estimate of drug-likeness (QED) is 0.290. The number of fused-ring (bicyclic) bond motifs is 4. The number of methoxy groups -OCH3 is 1. The first-order valence-corrected chi connectivity index (χ1v) is 17.0. The van der Waals surface area contributed by atoms with Crippen molar-refractivity contribution in [3.63, 3.8) is 0 Å². The summed E-state index contributed by atoms with van der Waals surface area (Å²) in [5.74, 6) is -1.72. The minimum atomic E-state index is -4.14. The van der Waals surface area contributed by atoms with Gasteiger partial charge in [0.25, 0.3) is 15.9 Å². The number of piperidine rings is 1. The van der Waals surface area contributed by atoms with Crippen molar-refractivity contribution < 1.29 is 31.9 Å². The zero-order chi connectivity index (χ0) is 34.1. The Morgan fingerprint density at radius 2 is 1.75 bits per heavy atom. The molecule has 1 saturated heterocycles. The van der Waals surface area contributed by atoms with Crippen LogP contribution in [0.4, 0.5) is 10.3 Å². The molecule has 4 bridgehead atoms. The number of amides is 1. The Labute approximate surface area is 278 Å². The number of anilines is 1. The van der Waals surface area contributed by atoms with Crippen molar-refractivity contribution in [2.24, 2.45) is 5.41 Å². The molecule has 11 nitrogen and oxygen atoms in total. The number of esters is 1. The number of ether oxygens (including phenoxy) is 2. The summed E-state index contributed by atoms with van der Waals surface area (Å²) in [7, 11) is -2.93. The largest absolute Gasteiger partial charge is 0.477 e. The van der Waals surface area contributed by atoms with E-state index in [4.69, 9.17) is 9.47 Å². The van der Waals surface area contributed by atoms with E-state index >= 15 is 0 Å². The number of benzene rings is 3. The van der Waals surface area contributed by atoms with E-state index in [2.05, 4.69) is 24.9 Å². The predicted octanol–water partition coefficient (Wildman–Crippen LogP) is 4.89. The molecule has 13 heteroatoms. The van der Waals surface area contributed by atoms with Crippen LogP contribution in [0, 0.1) is 25.1 Å². The summed E-state index contributed by atoms with van der Waals surface area (Å²) in [5, 5.41) is 3.01. The van der Waals surface area contributed by atoms with Gasteiger partial charge in [0.2, 0.25) is 11.8 Å². The predicted molar refractivity (Wildman–Crippen MR) is 177 cm³/mol. The van der Waals surface area contributed by atoms with E-state index < -0.39 is 33.1 Å². The Morgan fingerprint density at radius 3 is 2.48 bits per heavy atom. The van der Waals surface area contributed by atoms with E-state index in [-0.39, 0.29) is 41.0 Å². The number of sulfonamides is 1. The second-order valence-corrected chi connectivity index (χ2v) is 14.1. The van der Waals surface area contributed by atoms with Gasteiger partial charge in [-0.15, -0.1) is 0 Å². The highest BCUT2D eigenvalue weighted by atomic mass is 32.2. The van der Waals surface area contributed by atoms with Crippen LogP contribution in [0.25, 0.3) is 11.3 Å². The van der Waals surface area contributed by atoms with Gasteiger partial charge in [-0.1, -0.05) is 30.3 Å². The molecule has 1 amide bonds. The van der Waals surface area contributed by atoms with Gasteiger partial charge >= 0.3 is 5.97 Å². The summed E-state index contributed by atoms with van der Waals surface area (Å²) < 4.78 is 54.6. The first-order chi connectivity index (χ1) is 22.9. The molecule has 3 heterocycles. The number of nitrogens with one attached hydrogen (secondary N) is 2. The standard InChI is InChI=1S/C35H36FN5O6S/c1-22-6-4-7-23(2)31(22)29-18-30-39-34(38-29)40-48(44,45)26-9-5-8-25(17-26)32(42)37-20-35(21-47-30)12-14-41(15-13-35)19-24-10-11-28(36)27(16-24)33(43)46-3/h4-11,16-18H,12-15,19-21H2,1-3H3,(H,37,42)(H,38,39,40). The number of likely N-dealkylation sites (tertiary alicyclic amines) is 1. The van der Waals surface area contributed by atoms with Crippen LogP contribution in [0.1, 0.15) is 50.2 Å². The lowest BCUT2D eigenvalue weighted by molar-refractivity contribution is 0.0471. The molecule has 48 heavy (non-hydrogen) atoms. The van der Waals surface area contributed by atoms with E-state index in [1.165, 1.54) is 37.4 Å². The van der Waals surface area contributed by atoms with Crippen LogP contribution in [0.15, 0.2) is 71.6 Å². The lowest BCUT2D eigenvalue weighted by Crippen LogP contribution is -2.49. The summed E-state index contributed by atoms with van der Waals surface area (Å²) in [5.41, 5.74) is 3.66. The topological polar surface area (TPSA) is 140 Å². The maximum absolute atomic E-state index is 14.2. The molecule has 0 unspecified atom stereocenters. The highest BCUT2D eigenvalue weighted by Crippen LogP contribution is 2.35. The normalized spacial score (nSPS) is 17.4. The molecular formula is C35H36FN5O6S. The summed E-state index contributed by atoms with van der Waals surface area (Å²) in [6.45, 7) is 6.16. The van der Waals surface area contributed by atoms with Gasteiger partial charge in [-0.25, -0.2) is 27.3 Å². The summed E-state index contributed by atoms with van der Waals surface area (Å²) >= 11 is 0. The van der Waals surface area contributed by atoms with Crippen LogP contribution in [-0.2, 0) is 21.3 Å². The fraction of sp³-hybridized carbons (Fsp3) is 0.314. The minimum absolute atomic E-state index is 0.102. The van der Waals surface area contributed by atoms with E-state index in [0.29, 0.717) is 38.2 Å². The highest BCUT2D eigenvalue weighted by molar-refractivity contribution is 7.92. The first kappa shape index (κ1) is 33.0. The van der Waals surface area contributed by atoms with E-state index in [1.54, 1.807) is 18.2 Å². The third kappa shape index (κ3) is 7.02. The molecule has 250 valence electrons. The van der Waals surface area contributed by atoms with Crippen LogP contribution in [0.5, 0.6) is 5.88 Å². The maximum atomic E-state index is 14.2. The number of carbonyl (C=O) groups excluding carboxylic acids is 2. The maximum Gasteiger partial charge on any atom is 0.340 e. The number of aryl methyl sites for hydroxylation is 2.